The van der Waals surface area contributed by atoms with Crippen LogP contribution in [0, 0.1) is 0 Å². The van der Waals surface area contributed by atoms with Crippen LogP contribution < -0.4 is 5.43 Å². The van der Waals surface area contributed by atoms with E-state index in [1.807, 2.05) is 30.5 Å². The third-order valence-corrected chi connectivity index (χ3v) is 4.01. The summed E-state index contributed by atoms with van der Waals surface area (Å²) in [4.78, 5) is 17.8. The molecule has 0 fully saturated rings. The number of hydrazone groups is 1. The molecule has 0 aromatic carbocycles. The van der Waals surface area contributed by atoms with Crippen molar-refractivity contribution in [1.82, 2.24) is 15.3 Å². The number of carbonyl (C=O) groups excluding carboxylic acids is 1. The fraction of sp³-hybridized carbons (Fsp3) is 0.375. The summed E-state index contributed by atoms with van der Waals surface area (Å²) in [6.45, 7) is 6.12. The van der Waals surface area contributed by atoms with Crippen molar-refractivity contribution < 1.29 is 4.79 Å². The zero-order chi connectivity index (χ0) is 14.8. The molecular formula is C16H20N4O. The van der Waals surface area contributed by atoms with Crippen LogP contribution in [0.3, 0.4) is 0 Å². The van der Waals surface area contributed by atoms with Gasteiger partial charge in [0.25, 0.3) is 5.91 Å². The largest absolute Gasteiger partial charge is 0.363 e. The Labute approximate surface area is 124 Å². The molecule has 5 nitrogen and oxygen atoms in total. The van der Waals surface area contributed by atoms with Crippen molar-refractivity contribution >= 4 is 11.6 Å². The summed E-state index contributed by atoms with van der Waals surface area (Å²) in [5.41, 5.74) is 6.31. The van der Waals surface area contributed by atoms with E-state index in [0.29, 0.717) is 5.56 Å². The van der Waals surface area contributed by atoms with Crippen molar-refractivity contribution in [2.24, 2.45) is 5.10 Å². The maximum Gasteiger partial charge on any atom is 0.271 e. The molecule has 3 heterocycles. The van der Waals surface area contributed by atoms with Crippen molar-refractivity contribution in [3.05, 3.63) is 47.3 Å². The van der Waals surface area contributed by atoms with Crippen LogP contribution in [0.4, 0.5) is 0 Å². The van der Waals surface area contributed by atoms with Crippen molar-refractivity contribution in [3.63, 3.8) is 0 Å². The van der Waals surface area contributed by atoms with Crippen LogP contribution >= 0.6 is 0 Å². The molecule has 0 radical (unpaired) electrons. The number of hydrogen-bond acceptors (Lipinski definition) is 3. The lowest BCUT2D eigenvalue weighted by molar-refractivity contribution is 0.0955. The average Bonchev–Trinajstić information content (AvgIpc) is 2.57. The second-order valence-electron chi connectivity index (χ2n) is 5.44. The SMILES string of the molecule is CCCN1CC2=NNC(=O)c3cccc[nH]c(c2c3)C1C. The Balaban J connectivity index is 2.24. The number of nitrogens with one attached hydrogen (secondary N) is 2. The Morgan fingerprint density at radius 3 is 3.10 bits per heavy atom. The molecule has 3 rings (SSSR count). The molecule has 2 aliphatic heterocycles. The highest BCUT2D eigenvalue weighted by molar-refractivity contribution is 6.08. The Morgan fingerprint density at radius 1 is 1.43 bits per heavy atom. The van der Waals surface area contributed by atoms with Crippen LogP contribution in [-0.4, -0.2) is 34.6 Å². The molecule has 0 aliphatic carbocycles. The molecule has 2 N–H and O–H groups in total. The molecule has 2 aliphatic rings. The second kappa shape index (κ2) is 5.69. The first-order chi connectivity index (χ1) is 10.2. The molecule has 1 amide bonds. The van der Waals surface area contributed by atoms with Gasteiger partial charge in [0.1, 0.15) is 0 Å². The molecule has 5 heteroatoms. The van der Waals surface area contributed by atoms with Gasteiger partial charge in [-0.25, -0.2) is 5.43 Å². The highest BCUT2D eigenvalue weighted by Gasteiger charge is 2.29. The Kier molecular flexibility index (Phi) is 3.75. The number of carbonyl (C=O) groups is 1. The van der Waals surface area contributed by atoms with E-state index in [2.05, 4.69) is 34.3 Å². The van der Waals surface area contributed by atoms with E-state index >= 15 is 0 Å². The zero-order valence-corrected chi connectivity index (χ0v) is 12.4. The van der Waals surface area contributed by atoms with E-state index in [9.17, 15) is 4.79 Å². The van der Waals surface area contributed by atoms with Gasteiger partial charge >= 0.3 is 0 Å². The minimum Gasteiger partial charge on any atom is -0.363 e. The van der Waals surface area contributed by atoms with Crippen molar-refractivity contribution in [1.29, 1.82) is 0 Å². The van der Waals surface area contributed by atoms with Gasteiger partial charge in [0, 0.05) is 35.6 Å². The van der Waals surface area contributed by atoms with Gasteiger partial charge in [-0.2, -0.15) is 5.10 Å². The van der Waals surface area contributed by atoms with Crippen molar-refractivity contribution in [2.75, 3.05) is 13.1 Å². The van der Waals surface area contributed by atoms with Gasteiger partial charge in [-0.05, 0) is 38.1 Å². The Hall–Kier alpha value is -2.14. The Bertz CT molecular complexity index is 646. The van der Waals surface area contributed by atoms with Gasteiger partial charge in [-0.3, -0.25) is 9.69 Å². The maximum atomic E-state index is 12.1. The quantitative estimate of drug-likeness (QED) is 0.876. The lowest BCUT2D eigenvalue weighted by Gasteiger charge is -2.34. The van der Waals surface area contributed by atoms with Crippen molar-refractivity contribution in [2.45, 2.75) is 26.3 Å². The van der Waals surface area contributed by atoms with Gasteiger partial charge in [-0.15, -0.1) is 0 Å². The van der Waals surface area contributed by atoms with Gasteiger partial charge in [0.05, 0.1) is 5.71 Å². The van der Waals surface area contributed by atoms with Gasteiger partial charge in [0.2, 0.25) is 0 Å². The predicted octanol–water partition coefficient (Wildman–Crippen LogP) is 2.37. The average molecular weight is 284 g/mol. The number of H-pyrrole nitrogens is 1. The third kappa shape index (κ3) is 2.56. The molecule has 1 aromatic heterocycles. The lowest BCUT2D eigenvalue weighted by Crippen LogP contribution is -2.39. The minimum atomic E-state index is -0.162. The maximum absolute atomic E-state index is 12.1. The molecular weight excluding hydrogens is 264 g/mol. The third-order valence-electron chi connectivity index (χ3n) is 4.01. The number of amides is 1. The Morgan fingerprint density at radius 2 is 2.29 bits per heavy atom. The van der Waals surface area contributed by atoms with Gasteiger partial charge in [0.15, 0.2) is 0 Å². The summed E-state index contributed by atoms with van der Waals surface area (Å²) in [7, 11) is 0. The van der Waals surface area contributed by atoms with Crippen LogP contribution in [0.25, 0.3) is 0 Å². The highest BCUT2D eigenvalue weighted by Crippen LogP contribution is 2.28. The van der Waals surface area contributed by atoms with E-state index in [1.165, 1.54) is 0 Å². The van der Waals surface area contributed by atoms with E-state index < -0.39 is 0 Å². The molecule has 1 atom stereocenters. The first-order valence-corrected chi connectivity index (χ1v) is 7.37. The van der Waals surface area contributed by atoms with Crippen LogP contribution in [0.15, 0.2) is 35.6 Å². The highest BCUT2D eigenvalue weighted by atomic mass is 16.2. The summed E-state index contributed by atoms with van der Waals surface area (Å²) in [5.74, 6) is -0.162. The fourth-order valence-corrected chi connectivity index (χ4v) is 2.87. The number of aromatic nitrogens is 1. The molecule has 1 aromatic rings. The molecule has 110 valence electrons. The number of nitrogens with zero attached hydrogens (tertiary/aromatic N) is 2. The minimum absolute atomic E-state index is 0.162. The topological polar surface area (TPSA) is 60.5 Å². The lowest BCUT2D eigenvalue weighted by atomic mass is 9.97. The standard InChI is InChI=1S/C16H20N4O/c1-3-8-20-10-14-13-9-12(16(21)19-18-14)6-4-5-7-17-15(13)11(20)2/h4-7,9,11,17H,3,8,10H2,1-2H3,(H,19,21). The summed E-state index contributed by atoms with van der Waals surface area (Å²) >= 11 is 0. The normalized spacial score (nSPS) is 20.2. The molecule has 1 unspecified atom stereocenters. The number of rotatable bonds is 2. The first kappa shape index (κ1) is 13.8. The second-order valence-corrected chi connectivity index (χ2v) is 5.44. The number of fused-ring (bicyclic) bond motifs is 1. The molecule has 0 saturated heterocycles. The van der Waals surface area contributed by atoms with Crippen LogP contribution in [0.1, 0.15) is 47.9 Å². The molecule has 21 heavy (non-hydrogen) atoms. The predicted molar refractivity (Wildman–Crippen MR) is 82.7 cm³/mol. The van der Waals surface area contributed by atoms with Gasteiger partial charge < -0.3 is 4.98 Å². The van der Waals surface area contributed by atoms with Gasteiger partial charge in [-0.1, -0.05) is 13.0 Å². The van der Waals surface area contributed by atoms with E-state index in [4.69, 9.17) is 0 Å². The van der Waals surface area contributed by atoms with E-state index in [1.54, 1.807) is 0 Å². The monoisotopic (exact) mass is 284 g/mol. The molecule has 0 saturated carbocycles. The summed E-state index contributed by atoms with van der Waals surface area (Å²) in [6, 6.07) is 7.78. The molecule has 2 bridgehead atoms. The van der Waals surface area contributed by atoms with Crippen LogP contribution in [-0.2, 0) is 0 Å². The molecule has 0 spiro atoms. The van der Waals surface area contributed by atoms with E-state index in [0.717, 1.165) is 36.5 Å². The smallest absolute Gasteiger partial charge is 0.271 e. The van der Waals surface area contributed by atoms with Crippen LogP contribution in [0.2, 0.25) is 0 Å². The zero-order valence-electron chi connectivity index (χ0n) is 12.4. The first-order valence-electron chi connectivity index (χ1n) is 7.37. The fourth-order valence-electron chi connectivity index (χ4n) is 2.87. The number of aromatic amines is 1. The van der Waals surface area contributed by atoms with Crippen molar-refractivity contribution in [3.8, 4) is 0 Å². The van der Waals surface area contributed by atoms with Crippen LogP contribution in [0.5, 0.6) is 0 Å². The summed E-state index contributed by atoms with van der Waals surface area (Å²) in [5, 5.41) is 4.32. The summed E-state index contributed by atoms with van der Waals surface area (Å²) < 4.78 is 0. The van der Waals surface area contributed by atoms with E-state index in [-0.39, 0.29) is 11.9 Å². The number of hydrogen-bond donors (Lipinski definition) is 2. The summed E-state index contributed by atoms with van der Waals surface area (Å²) in [6.07, 6.45) is 3.00.